The number of fused-ring (bicyclic) bond motifs is 1. The van der Waals surface area contributed by atoms with Crippen LogP contribution in [0.4, 0.5) is 0 Å². The number of amides is 1. The molecular weight excluding hydrogens is 318 g/mol. The molecule has 1 N–H and O–H groups in total. The molecule has 0 radical (unpaired) electrons. The Morgan fingerprint density at radius 2 is 2.08 bits per heavy atom. The van der Waals surface area contributed by atoms with E-state index in [2.05, 4.69) is 30.4 Å². The van der Waals surface area contributed by atoms with Crippen molar-refractivity contribution in [1.82, 2.24) is 35.1 Å². The Labute approximate surface area is 144 Å². The number of nitrogens with zero attached hydrogens (tertiary/aromatic N) is 6. The number of hydrogen-bond acceptors (Lipinski definition) is 5. The van der Waals surface area contributed by atoms with Crippen molar-refractivity contribution in [3.63, 3.8) is 0 Å². The van der Waals surface area contributed by atoms with Crippen molar-refractivity contribution < 1.29 is 4.79 Å². The van der Waals surface area contributed by atoms with Crippen LogP contribution in [0, 0.1) is 6.92 Å². The van der Waals surface area contributed by atoms with Crippen LogP contribution in [0.2, 0.25) is 0 Å². The van der Waals surface area contributed by atoms with Crippen LogP contribution in [0.25, 0.3) is 0 Å². The molecule has 3 heterocycles. The highest BCUT2D eigenvalue weighted by atomic mass is 16.2. The van der Waals surface area contributed by atoms with Crippen LogP contribution in [-0.2, 0) is 19.5 Å². The van der Waals surface area contributed by atoms with Gasteiger partial charge in [0.1, 0.15) is 11.6 Å². The normalized spacial score (nSPS) is 16.4. The molecule has 4 rings (SSSR count). The molecule has 1 amide bonds. The molecule has 0 saturated carbocycles. The molecule has 2 aromatic heterocycles. The molecule has 25 heavy (non-hydrogen) atoms. The zero-order chi connectivity index (χ0) is 17.2. The van der Waals surface area contributed by atoms with Crippen molar-refractivity contribution >= 4 is 5.91 Å². The number of nitrogens with one attached hydrogen (secondary N) is 1. The number of benzene rings is 1. The molecule has 3 aromatic rings. The fourth-order valence-electron chi connectivity index (χ4n) is 3.09. The third-order valence-corrected chi connectivity index (χ3v) is 4.43. The second-order valence-electron chi connectivity index (χ2n) is 6.27. The fraction of sp³-hybridized carbons (Fsp3) is 0.353. The molecule has 1 unspecified atom stereocenters. The number of carbonyl (C=O) groups is 1. The second kappa shape index (κ2) is 6.46. The zero-order valence-corrected chi connectivity index (χ0v) is 14.0. The summed E-state index contributed by atoms with van der Waals surface area (Å²) in [5.41, 5.74) is 1.45. The highest BCUT2D eigenvalue weighted by molar-refractivity contribution is 5.92. The maximum atomic E-state index is 12.4. The largest absolute Gasteiger partial charge is 0.346 e. The summed E-state index contributed by atoms with van der Waals surface area (Å²) in [7, 11) is 0. The van der Waals surface area contributed by atoms with Gasteiger partial charge in [-0.1, -0.05) is 35.5 Å². The number of aromatic nitrogens is 6. The molecule has 0 aliphatic carbocycles. The van der Waals surface area contributed by atoms with E-state index in [1.165, 1.54) is 0 Å². The summed E-state index contributed by atoms with van der Waals surface area (Å²) in [5.74, 6) is 1.66. The topological polar surface area (TPSA) is 90.5 Å². The van der Waals surface area contributed by atoms with Gasteiger partial charge in [0.2, 0.25) is 0 Å². The van der Waals surface area contributed by atoms with Crippen LogP contribution in [0.3, 0.4) is 0 Å². The van der Waals surface area contributed by atoms with Gasteiger partial charge in [-0.15, -0.1) is 15.3 Å². The second-order valence-corrected chi connectivity index (χ2v) is 6.27. The zero-order valence-electron chi connectivity index (χ0n) is 14.0. The van der Waals surface area contributed by atoms with Gasteiger partial charge in [-0.05, 0) is 18.9 Å². The standard InChI is InChI=1S/C17H19N7O/c1-12-19-21-16-8-7-14(10-24(12)16)18-17(25)15-11-23(22-20-15)9-13-5-3-2-4-6-13/h2-6,11,14H,7-10H2,1H3,(H,18,25). The van der Waals surface area contributed by atoms with E-state index in [0.29, 0.717) is 18.8 Å². The molecule has 8 nitrogen and oxygen atoms in total. The smallest absolute Gasteiger partial charge is 0.273 e. The van der Waals surface area contributed by atoms with Gasteiger partial charge in [0.25, 0.3) is 5.91 Å². The van der Waals surface area contributed by atoms with E-state index in [1.807, 2.05) is 37.3 Å². The van der Waals surface area contributed by atoms with Gasteiger partial charge in [-0.25, -0.2) is 4.68 Å². The summed E-state index contributed by atoms with van der Waals surface area (Å²) in [6.45, 7) is 3.21. The van der Waals surface area contributed by atoms with Crippen molar-refractivity contribution in [2.75, 3.05) is 0 Å². The van der Waals surface area contributed by atoms with E-state index in [0.717, 1.165) is 30.1 Å². The van der Waals surface area contributed by atoms with Crippen LogP contribution in [-0.4, -0.2) is 41.7 Å². The lowest BCUT2D eigenvalue weighted by Crippen LogP contribution is -2.41. The lowest BCUT2D eigenvalue weighted by Gasteiger charge is -2.24. The Morgan fingerprint density at radius 1 is 1.24 bits per heavy atom. The number of aryl methyl sites for hydroxylation is 2. The van der Waals surface area contributed by atoms with Crippen molar-refractivity contribution in [1.29, 1.82) is 0 Å². The first-order chi connectivity index (χ1) is 12.2. The van der Waals surface area contributed by atoms with Crippen LogP contribution in [0.15, 0.2) is 36.5 Å². The molecule has 1 atom stereocenters. The van der Waals surface area contributed by atoms with E-state index in [1.54, 1.807) is 10.9 Å². The Hall–Kier alpha value is -3.03. The van der Waals surface area contributed by atoms with E-state index >= 15 is 0 Å². The first-order valence-corrected chi connectivity index (χ1v) is 8.32. The molecule has 8 heteroatoms. The molecule has 1 aliphatic heterocycles. The van der Waals surface area contributed by atoms with Gasteiger partial charge in [-0.3, -0.25) is 4.79 Å². The van der Waals surface area contributed by atoms with Crippen LogP contribution >= 0.6 is 0 Å². The summed E-state index contributed by atoms with van der Waals surface area (Å²) in [5, 5.41) is 19.3. The Balaban J connectivity index is 1.40. The highest BCUT2D eigenvalue weighted by Gasteiger charge is 2.24. The average Bonchev–Trinajstić information content (AvgIpc) is 3.23. The maximum absolute atomic E-state index is 12.4. The first kappa shape index (κ1) is 15.5. The fourth-order valence-corrected chi connectivity index (χ4v) is 3.09. The molecule has 0 fully saturated rings. The third kappa shape index (κ3) is 3.28. The van der Waals surface area contributed by atoms with E-state index in [9.17, 15) is 4.79 Å². The molecule has 1 aromatic carbocycles. The predicted octanol–water partition coefficient (Wildman–Crippen LogP) is 0.971. The highest BCUT2D eigenvalue weighted by Crippen LogP contribution is 2.15. The van der Waals surface area contributed by atoms with Gasteiger partial charge >= 0.3 is 0 Å². The summed E-state index contributed by atoms with van der Waals surface area (Å²) < 4.78 is 3.73. The van der Waals surface area contributed by atoms with Crippen molar-refractivity contribution in [3.05, 3.63) is 59.4 Å². The van der Waals surface area contributed by atoms with Gasteiger partial charge in [-0.2, -0.15) is 0 Å². The molecule has 0 spiro atoms. The van der Waals surface area contributed by atoms with Crippen LogP contribution in [0.5, 0.6) is 0 Å². The molecule has 128 valence electrons. The maximum Gasteiger partial charge on any atom is 0.273 e. The third-order valence-electron chi connectivity index (χ3n) is 4.43. The quantitative estimate of drug-likeness (QED) is 0.766. The van der Waals surface area contributed by atoms with E-state index in [-0.39, 0.29) is 11.9 Å². The lowest BCUT2D eigenvalue weighted by molar-refractivity contribution is 0.0922. The van der Waals surface area contributed by atoms with E-state index < -0.39 is 0 Å². The van der Waals surface area contributed by atoms with Gasteiger partial charge in [0.05, 0.1) is 12.7 Å². The number of carbonyl (C=O) groups excluding carboxylic acids is 1. The molecule has 0 bridgehead atoms. The lowest BCUT2D eigenvalue weighted by atomic mass is 10.1. The van der Waals surface area contributed by atoms with Crippen molar-refractivity contribution in [2.45, 2.75) is 38.9 Å². The number of hydrogen-bond donors (Lipinski definition) is 1. The van der Waals surface area contributed by atoms with Gasteiger partial charge in [0.15, 0.2) is 5.69 Å². The monoisotopic (exact) mass is 337 g/mol. The minimum Gasteiger partial charge on any atom is -0.346 e. The Morgan fingerprint density at radius 3 is 2.92 bits per heavy atom. The van der Waals surface area contributed by atoms with E-state index in [4.69, 9.17) is 0 Å². The Kier molecular flexibility index (Phi) is 4.01. The predicted molar refractivity (Wildman–Crippen MR) is 89.9 cm³/mol. The van der Waals surface area contributed by atoms with Crippen molar-refractivity contribution in [3.8, 4) is 0 Å². The minimum atomic E-state index is -0.196. The van der Waals surface area contributed by atoms with Gasteiger partial charge < -0.3 is 9.88 Å². The van der Waals surface area contributed by atoms with Crippen molar-refractivity contribution in [2.24, 2.45) is 0 Å². The molecular formula is C17H19N7O. The number of rotatable bonds is 4. The SMILES string of the molecule is Cc1nnc2n1CC(NC(=O)c1cn(Cc3ccccc3)nn1)CC2. The Bertz CT molecular complexity index is 884. The minimum absolute atomic E-state index is 0.0500. The van der Waals surface area contributed by atoms with Crippen LogP contribution in [0.1, 0.15) is 34.1 Å². The first-order valence-electron chi connectivity index (χ1n) is 8.32. The van der Waals surface area contributed by atoms with Gasteiger partial charge in [0, 0.05) is 19.0 Å². The molecule has 1 aliphatic rings. The molecule has 0 saturated heterocycles. The summed E-state index contributed by atoms with van der Waals surface area (Å²) in [6.07, 6.45) is 3.34. The van der Waals surface area contributed by atoms with Crippen LogP contribution < -0.4 is 5.32 Å². The average molecular weight is 337 g/mol. The summed E-state index contributed by atoms with van der Waals surface area (Å²) in [6, 6.07) is 10.0. The summed E-state index contributed by atoms with van der Waals surface area (Å²) in [4.78, 5) is 12.4. The summed E-state index contributed by atoms with van der Waals surface area (Å²) >= 11 is 0.